The van der Waals surface area contributed by atoms with E-state index in [0.29, 0.717) is 25.1 Å². The van der Waals surface area contributed by atoms with Crippen molar-refractivity contribution in [1.29, 1.82) is 0 Å². The van der Waals surface area contributed by atoms with E-state index in [4.69, 9.17) is 5.73 Å². The molecular formula is C12H19N3O3S. The zero-order valence-electron chi connectivity index (χ0n) is 10.8. The maximum atomic E-state index is 11.9. The molecule has 0 aliphatic rings. The lowest BCUT2D eigenvalue weighted by Gasteiger charge is -2.11. The normalized spacial score (nSPS) is 11.1. The van der Waals surface area contributed by atoms with Crippen molar-refractivity contribution in [2.75, 3.05) is 23.6 Å². The third kappa shape index (κ3) is 4.88. The number of carbonyl (C=O) groups is 1. The van der Waals surface area contributed by atoms with Crippen LogP contribution in [0.3, 0.4) is 0 Å². The molecule has 0 saturated carbocycles. The summed E-state index contributed by atoms with van der Waals surface area (Å²) in [6.45, 7) is 2.49. The molecule has 1 aromatic carbocycles. The fraction of sp³-hybridized carbons (Fsp3) is 0.417. The maximum Gasteiger partial charge on any atom is 0.253 e. The van der Waals surface area contributed by atoms with Crippen LogP contribution in [0.4, 0.5) is 5.69 Å². The highest BCUT2D eigenvalue weighted by atomic mass is 32.2. The van der Waals surface area contributed by atoms with Gasteiger partial charge in [-0.1, -0.05) is 12.1 Å². The summed E-state index contributed by atoms with van der Waals surface area (Å²) in [6, 6.07) is 6.49. The summed E-state index contributed by atoms with van der Waals surface area (Å²) in [6.07, 6.45) is 0.675. The van der Waals surface area contributed by atoms with Crippen molar-refractivity contribution < 1.29 is 13.2 Å². The second kappa shape index (κ2) is 7.10. The molecule has 1 amide bonds. The highest BCUT2D eigenvalue weighted by molar-refractivity contribution is 7.92. The van der Waals surface area contributed by atoms with E-state index >= 15 is 0 Å². The predicted molar refractivity (Wildman–Crippen MR) is 75.5 cm³/mol. The molecule has 0 heterocycles. The van der Waals surface area contributed by atoms with E-state index in [2.05, 4.69) is 10.0 Å². The highest BCUT2D eigenvalue weighted by Crippen LogP contribution is 2.16. The number of hydrogen-bond acceptors (Lipinski definition) is 4. The standard InChI is InChI=1S/C12H19N3O3S/c1-2-19(17,18)15-11-7-4-3-6-10(11)12(16)14-9-5-8-13/h3-4,6-7,15H,2,5,8-9,13H2,1H3,(H,14,16). The minimum Gasteiger partial charge on any atom is -0.352 e. The van der Waals surface area contributed by atoms with Crippen LogP contribution >= 0.6 is 0 Å². The summed E-state index contributed by atoms with van der Waals surface area (Å²) in [5.74, 6) is -0.362. The molecule has 1 aromatic rings. The van der Waals surface area contributed by atoms with Gasteiger partial charge >= 0.3 is 0 Å². The Morgan fingerprint density at radius 2 is 2.00 bits per heavy atom. The van der Waals surface area contributed by atoms with E-state index in [-0.39, 0.29) is 17.3 Å². The largest absolute Gasteiger partial charge is 0.352 e. The van der Waals surface area contributed by atoms with Gasteiger partial charge in [0.15, 0.2) is 0 Å². The number of rotatable bonds is 7. The monoisotopic (exact) mass is 285 g/mol. The summed E-state index contributed by atoms with van der Waals surface area (Å²) in [5, 5.41) is 2.69. The van der Waals surface area contributed by atoms with E-state index in [1.165, 1.54) is 6.92 Å². The molecule has 0 aromatic heterocycles. The smallest absolute Gasteiger partial charge is 0.253 e. The molecule has 0 atom stereocenters. The first-order valence-corrected chi connectivity index (χ1v) is 7.73. The molecule has 106 valence electrons. The molecule has 1 rings (SSSR count). The fourth-order valence-electron chi connectivity index (χ4n) is 1.41. The van der Waals surface area contributed by atoms with Crippen LogP contribution in [0.25, 0.3) is 0 Å². The van der Waals surface area contributed by atoms with Gasteiger partial charge in [-0.25, -0.2) is 8.42 Å². The molecule has 0 saturated heterocycles. The molecule has 0 spiro atoms. The first-order chi connectivity index (χ1) is 9.00. The van der Waals surface area contributed by atoms with Gasteiger partial charge in [0.25, 0.3) is 5.91 Å². The molecule has 0 aliphatic heterocycles. The molecule has 4 N–H and O–H groups in total. The molecule has 19 heavy (non-hydrogen) atoms. The number of amides is 1. The van der Waals surface area contributed by atoms with Gasteiger partial charge in [-0.15, -0.1) is 0 Å². The van der Waals surface area contributed by atoms with Crippen molar-refractivity contribution in [3.05, 3.63) is 29.8 Å². The van der Waals surface area contributed by atoms with E-state index in [1.807, 2.05) is 0 Å². The van der Waals surface area contributed by atoms with Crippen LogP contribution < -0.4 is 15.8 Å². The van der Waals surface area contributed by atoms with Crippen LogP contribution in [0.2, 0.25) is 0 Å². The maximum absolute atomic E-state index is 11.9. The third-order valence-corrected chi connectivity index (χ3v) is 3.77. The molecule has 0 aliphatic carbocycles. The number of nitrogens with two attached hydrogens (primary N) is 1. The number of benzene rings is 1. The quantitative estimate of drug-likeness (QED) is 0.636. The van der Waals surface area contributed by atoms with E-state index in [1.54, 1.807) is 24.3 Å². The second-order valence-electron chi connectivity index (χ2n) is 3.95. The minimum atomic E-state index is -3.40. The summed E-state index contributed by atoms with van der Waals surface area (Å²) in [7, 11) is -3.40. The Balaban J connectivity index is 2.87. The average Bonchev–Trinajstić information content (AvgIpc) is 2.39. The zero-order valence-corrected chi connectivity index (χ0v) is 11.7. The van der Waals surface area contributed by atoms with Crippen LogP contribution in [-0.4, -0.2) is 33.2 Å². The lowest BCUT2D eigenvalue weighted by molar-refractivity contribution is 0.0954. The Kier molecular flexibility index (Phi) is 5.78. The number of nitrogens with one attached hydrogen (secondary N) is 2. The second-order valence-corrected chi connectivity index (χ2v) is 5.96. The Morgan fingerprint density at radius 3 is 2.63 bits per heavy atom. The first-order valence-electron chi connectivity index (χ1n) is 6.08. The number of sulfonamides is 1. The topological polar surface area (TPSA) is 101 Å². The van der Waals surface area contributed by atoms with Crippen LogP contribution in [-0.2, 0) is 10.0 Å². The molecule has 0 radical (unpaired) electrons. The van der Waals surface area contributed by atoms with Gasteiger partial charge in [0.1, 0.15) is 0 Å². The fourth-order valence-corrected chi connectivity index (χ4v) is 2.07. The summed E-state index contributed by atoms with van der Waals surface area (Å²) >= 11 is 0. The number of hydrogen-bond donors (Lipinski definition) is 3. The van der Waals surface area contributed by atoms with Gasteiger partial charge in [-0.3, -0.25) is 9.52 Å². The molecule has 0 fully saturated rings. The van der Waals surface area contributed by atoms with Gasteiger partial charge in [0, 0.05) is 6.54 Å². The van der Waals surface area contributed by atoms with E-state index < -0.39 is 10.0 Å². The molecule has 0 unspecified atom stereocenters. The van der Waals surface area contributed by atoms with Crippen LogP contribution in [0, 0.1) is 0 Å². The van der Waals surface area contributed by atoms with Crippen molar-refractivity contribution >= 4 is 21.6 Å². The SMILES string of the molecule is CCS(=O)(=O)Nc1ccccc1C(=O)NCCCN. The number of anilines is 1. The van der Waals surface area contributed by atoms with Crippen molar-refractivity contribution in [3.8, 4) is 0 Å². The van der Waals surface area contributed by atoms with Crippen LogP contribution in [0.5, 0.6) is 0 Å². The Bertz CT molecular complexity index is 529. The first kappa shape index (κ1) is 15.5. The Labute approximate surface area is 113 Å². The Morgan fingerprint density at radius 1 is 1.32 bits per heavy atom. The van der Waals surface area contributed by atoms with Crippen molar-refractivity contribution in [2.24, 2.45) is 5.73 Å². The van der Waals surface area contributed by atoms with Crippen molar-refractivity contribution in [3.63, 3.8) is 0 Å². The third-order valence-electron chi connectivity index (χ3n) is 2.48. The van der Waals surface area contributed by atoms with Crippen molar-refractivity contribution in [2.45, 2.75) is 13.3 Å². The lowest BCUT2D eigenvalue weighted by atomic mass is 10.1. The van der Waals surface area contributed by atoms with Gasteiger partial charge in [0.2, 0.25) is 10.0 Å². The molecule has 0 bridgehead atoms. The van der Waals surface area contributed by atoms with Crippen LogP contribution in [0.1, 0.15) is 23.7 Å². The summed E-state index contributed by atoms with van der Waals surface area (Å²) in [5.41, 5.74) is 5.93. The molecule has 7 heteroatoms. The number of carbonyl (C=O) groups excluding carboxylic acids is 1. The minimum absolute atomic E-state index is 0.0455. The highest BCUT2D eigenvalue weighted by Gasteiger charge is 2.14. The summed E-state index contributed by atoms with van der Waals surface area (Å²) in [4.78, 5) is 11.9. The average molecular weight is 285 g/mol. The zero-order chi connectivity index (χ0) is 14.3. The Hall–Kier alpha value is -1.60. The van der Waals surface area contributed by atoms with Gasteiger partial charge in [-0.2, -0.15) is 0 Å². The predicted octanol–water partition coefficient (Wildman–Crippen LogP) is 0.527. The van der Waals surface area contributed by atoms with Gasteiger partial charge in [0.05, 0.1) is 17.0 Å². The number of para-hydroxylation sites is 1. The van der Waals surface area contributed by atoms with E-state index in [9.17, 15) is 13.2 Å². The van der Waals surface area contributed by atoms with Crippen molar-refractivity contribution in [1.82, 2.24) is 5.32 Å². The summed E-state index contributed by atoms with van der Waals surface area (Å²) < 4.78 is 25.5. The van der Waals surface area contributed by atoms with E-state index in [0.717, 1.165) is 0 Å². The molecular weight excluding hydrogens is 266 g/mol. The van der Waals surface area contributed by atoms with Gasteiger partial charge < -0.3 is 11.1 Å². The van der Waals surface area contributed by atoms with Crippen LogP contribution in [0.15, 0.2) is 24.3 Å². The molecule has 6 nitrogen and oxygen atoms in total. The van der Waals surface area contributed by atoms with Gasteiger partial charge in [-0.05, 0) is 32.0 Å². The lowest BCUT2D eigenvalue weighted by Crippen LogP contribution is -2.27.